The van der Waals surface area contributed by atoms with E-state index in [9.17, 15) is 9.59 Å². The molecule has 0 aromatic heterocycles. The summed E-state index contributed by atoms with van der Waals surface area (Å²) in [5, 5.41) is 8.86. The molecule has 0 radical (unpaired) electrons. The lowest BCUT2D eigenvalue weighted by Crippen LogP contribution is -2.06. The van der Waals surface area contributed by atoms with Crippen molar-refractivity contribution in [3.8, 4) is 6.07 Å². The number of rotatable bonds is 3. The lowest BCUT2D eigenvalue weighted by Gasteiger charge is -2.08. The van der Waals surface area contributed by atoms with Crippen molar-refractivity contribution in [3.05, 3.63) is 34.9 Å². The van der Waals surface area contributed by atoms with Crippen LogP contribution in [0.1, 0.15) is 33.2 Å². The molecule has 0 N–H and O–H groups in total. The molecule has 1 unspecified atom stereocenters. The van der Waals surface area contributed by atoms with Crippen LogP contribution in [0.4, 0.5) is 0 Å². The maximum atomic E-state index is 11.4. The van der Waals surface area contributed by atoms with E-state index in [1.807, 2.05) is 6.07 Å². The van der Waals surface area contributed by atoms with Gasteiger partial charge in [-0.25, -0.2) is 4.79 Å². The number of halogens is 1. The summed E-state index contributed by atoms with van der Waals surface area (Å²) in [6.07, 6.45) is 0. The number of nitrogens with zero attached hydrogens (tertiary/aromatic N) is 1. The molecule has 1 atom stereocenters. The molecule has 0 aliphatic rings. The summed E-state index contributed by atoms with van der Waals surface area (Å²) in [7, 11) is 1.26. The number of carbonyl (C=O) groups excluding carboxylic acids is 2. The molecular weight excluding hydrogens is 286 g/mol. The highest BCUT2D eigenvalue weighted by molar-refractivity contribution is 9.09. The summed E-state index contributed by atoms with van der Waals surface area (Å²) in [6, 6.07) is 6.46. The summed E-state index contributed by atoms with van der Waals surface area (Å²) in [6.45, 7) is 1.43. The minimum absolute atomic E-state index is 0.101. The highest BCUT2D eigenvalue weighted by Crippen LogP contribution is 2.25. The molecular formula is C12H10BrNO3. The molecule has 5 heteroatoms. The number of hydrogen-bond acceptors (Lipinski definition) is 4. The standard InChI is InChI=1S/C12H10BrNO3/c1-7(15)11(13)9-3-8(6-14)4-10(5-9)12(16)17-2/h3-5,11H,1-2H3. The van der Waals surface area contributed by atoms with Gasteiger partial charge in [0.15, 0.2) is 0 Å². The van der Waals surface area contributed by atoms with E-state index in [1.54, 1.807) is 6.07 Å². The lowest BCUT2D eigenvalue weighted by atomic mass is 10.0. The Morgan fingerprint density at radius 3 is 2.53 bits per heavy atom. The van der Waals surface area contributed by atoms with Crippen molar-refractivity contribution >= 4 is 27.7 Å². The van der Waals surface area contributed by atoms with Gasteiger partial charge in [0.25, 0.3) is 0 Å². The zero-order valence-corrected chi connectivity index (χ0v) is 10.9. The third kappa shape index (κ3) is 3.14. The molecule has 88 valence electrons. The molecule has 1 aromatic carbocycles. The molecule has 0 saturated heterocycles. The van der Waals surface area contributed by atoms with E-state index in [-0.39, 0.29) is 11.3 Å². The minimum atomic E-state index is -0.536. The maximum Gasteiger partial charge on any atom is 0.337 e. The number of esters is 1. The predicted molar refractivity (Wildman–Crippen MR) is 64.8 cm³/mol. The fourth-order valence-corrected chi connectivity index (χ4v) is 1.60. The first-order chi connectivity index (χ1) is 7.99. The number of carbonyl (C=O) groups is 2. The van der Waals surface area contributed by atoms with Crippen LogP contribution in [0, 0.1) is 11.3 Å². The Morgan fingerprint density at radius 1 is 1.41 bits per heavy atom. The Bertz CT molecular complexity index is 505. The summed E-state index contributed by atoms with van der Waals surface area (Å²) in [5.74, 6) is -0.637. The Hall–Kier alpha value is -1.67. The second-order valence-corrected chi connectivity index (χ2v) is 4.34. The van der Waals surface area contributed by atoms with Crippen LogP contribution >= 0.6 is 15.9 Å². The van der Waals surface area contributed by atoms with Gasteiger partial charge in [-0.3, -0.25) is 4.79 Å². The van der Waals surface area contributed by atoms with E-state index >= 15 is 0 Å². The van der Waals surface area contributed by atoms with E-state index in [1.165, 1.54) is 26.2 Å². The second kappa shape index (κ2) is 5.60. The number of ether oxygens (including phenoxy) is 1. The first-order valence-corrected chi connectivity index (χ1v) is 5.69. The third-order valence-corrected chi connectivity index (χ3v) is 3.33. The van der Waals surface area contributed by atoms with Gasteiger partial charge < -0.3 is 4.74 Å². The molecule has 0 amide bonds. The molecule has 1 aromatic rings. The molecule has 0 heterocycles. The number of nitriles is 1. The second-order valence-electron chi connectivity index (χ2n) is 3.42. The van der Waals surface area contributed by atoms with Crippen molar-refractivity contribution in [2.24, 2.45) is 0 Å². The monoisotopic (exact) mass is 295 g/mol. The van der Waals surface area contributed by atoms with Gasteiger partial charge in [-0.2, -0.15) is 5.26 Å². The molecule has 17 heavy (non-hydrogen) atoms. The topological polar surface area (TPSA) is 67.2 Å². The van der Waals surface area contributed by atoms with Crippen molar-refractivity contribution in [1.82, 2.24) is 0 Å². The average Bonchev–Trinajstić information content (AvgIpc) is 2.35. The van der Waals surface area contributed by atoms with E-state index in [0.29, 0.717) is 11.1 Å². The van der Waals surface area contributed by atoms with Crippen LogP contribution in [0.3, 0.4) is 0 Å². The van der Waals surface area contributed by atoms with Gasteiger partial charge in [0.2, 0.25) is 0 Å². The SMILES string of the molecule is COC(=O)c1cc(C#N)cc(C(Br)C(C)=O)c1. The quantitative estimate of drug-likeness (QED) is 0.634. The lowest BCUT2D eigenvalue weighted by molar-refractivity contribution is -0.116. The Morgan fingerprint density at radius 2 is 2.06 bits per heavy atom. The zero-order valence-electron chi connectivity index (χ0n) is 9.36. The van der Waals surface area contributed by atoms with Crippen molar-refractivity contribution in [3.63, 3.8) is 0 Å². The van der Waals surface area contributed by atoms with Gasteiger partial charge in [0, 0.05) is 0 Å². The number of benzene rings is 1. The van der Waals surface area contributed by atoms with E-state index in [0.717, 1.165) is 0 Å². The van der Waals surface area contributed by atoms with Crippen molar-refractivity contribution in [1.29, 1.82) is 5.26 Å². The molecule has 0 saturated carbocycles. The van der Waals surface area contributed by atoms with Gasteiger partial charge in [-0.05, 0) is 30.7 Å². The molecule has 0 fully saturated rings. The average molecular weight is 296 g/mol. The smallest absolute Gasteiger partial charge is 0.337 e. The van der Waals surface area contributed by atoms with Crippen LogP contribution in [0.25, 0.3) is 0 Å². The van der Waals surface area contributed by atoms with Crippen molar-refractivity contribution < 1.29 is 14.3 Å². The largest absolute Gasteiger partial charge is 0.465 e. The molecule has 0 aliphatic carbocycles. The Labute approximate surface area is 107 Å². The van der Waals surface area contributed by atoms with Gasteiger partial charge in [-0.1, -0.05) is 15.9 Å². The van der Waals surface area contributed by atoms with Crippen molar-refractivity contribution in [2.45, 2.75) is 11.8 Å². The number of alkyl halides is 1. The molecule has 4 nitrogen and oxygen atoms in total. The van der Waals surface area contributed by atoms with Gasteiger partial charge in [0.05, 0.1) is 29.1 Å². The zero-order chi connectivity index (χ0) is 13.0. The number of Topliss-reactive ketones (excluding diaryl/α,β-unsaturated/α-hetero) is 1. The summed E-state index contributed by atoms with van der Waals surface area (Å²) < 4.78 is 4.58. The number of methoxy groups -OCH3 is 1. The Kier molecular flexibility index (Phi) is 4.41. The van der Waals surface area contributed by atoms with Crippen LogP contribution in [-0.2, 0) is 9.53 Å². The van der Waals surface area contributed by atoms with E-state index in [2.05, 4.69) is 20.7 Å². The van der Waals surface area contributed by atoms with E-state index in [4.69, 9.17) is 5.26 Å². The normalized spacial score (nSPS) is 11.4. The maximum absolute atomic E-state index is 11.4. The fraction of sp³-hybridized carbons (Fsp3) is 0.250. The first-order valence-electron chi connectivity index (χ1n) is 4.77. The van der Waals surface area contributed by atoms with Crippen LogP contribution in [-0.4, -0.2) is 18.9 Å². The number of hydrogen-bond donors (Lipinski definition) is 0. The summed E-state index contributed by atoms with van der Waals surface area (Å²) in [5.41, 5.74) is 1.14. The number of ketones is 1. The molecule has 0 bridgehead atoms. The molecule has 1 rings (SSSR count). The van der Waals surface area contributed by atoms with Gasteiger partial charge in [0.1, 0.15) is 5.78 Å². The van der Waals surface area contributed by atoms with E-state index < -0.39 is 10.8 Å². The van der Waals surface area contributed by atoms with Crippen LogP contribution in [0.5, 0.6) is 0 Å². The highest BCUT2D eigenvalue weighted by atomic mass is 79.9. The van der Waals surface area contributed by atoms with Crippen LogP contribution < -0.4 is 0 Å². The summed E-state index contributed by atoms with van der Waals surface area (Å²) in [4.78, 5) is 22.1. The van der Waals surface area contributed by atoms with Crippen molar-refractivity contribution in [2.75, 3.05) is 7.11 Å². The van der Waals surface area contributed by atoms with Gasteiger partial charge >= 0.3 is 5.97 Å². The highest BCUT2D eigenvalue weighted by Gasteiger charge is 2.16. The fourth-order valence-electron chi connectivity index (χ4n) is 1.33. The Balaban J connectivity index is 3.29. The third-order valence-electron chi connectivity index (χ3n) is 2.16. The molecule has 0 aliphatic heterocycles. The predicted octanol–water partition coefficient (Wildman–Crippen LogP) is 2.37. The van der Waals surface area contributed by atoms with Crippen LogP contribution in [0.15, 0.2) is 18.2 Å². The van der Waals surface area contributed by atoms with Gasteiger partial charge in [-0.15, -0.1) is 0 Å². The molecule has 0 spiro atoms. The first kappa shape index (κ1) is 13.4. The minimum Gasteiger partial charge on any atom is -0.465 e. The summed E-state index contributed by atoms with van der Waals surface area (Å²) >= 11 is 3.21. The van der Waals surface area contributed by atoms with Crippen LogP contribution in [0.2, 0.25) is 0 Å².